The van der Waals surface area contributed by atoms with Crippen LogP contribution in [0.1, 0.15) is 15.4 Å². The maximum absolute atomic E-state index is 12.4. The average Bonchev–Trinajstić information content (AvgIpc) is 3.19. The Bertz CT molecular complexity index is 918. The van der Waals surface area contributed by atoms with Crippen LogP contribution in [-0.4, -0.2) is 21.1 Å². The first kappa shape index (κ1) is 14.8. The number of H-pyrrole nitrogens is 1. The van der Waals surface area contributed by atoms with E-state index in [0.717, 1.165) is 14.4 Å². The molecule has 0 fully saturated rings. The third-order valence-electron chi connectivity index (χ3n) is 2.67. The molecular formula is C14H10N4OS3. The molecular weight excluding hydrogens is 336 g/mol. The van der Waals surface area contributed by atoms with Crippen molar-refractivity contribution in [3.63, 3.8) is 0 Å². The molecule has 0 saturated carbocycles. The minimum absolute atomic E-state index is 0.158. The van der Waals surface area contributed by atoms with Crippen LogP contribution in [0.5, 0.6) is 0 Å². The van der Waals surface area contributed by atoms with Gasteiger partial charge in [-0.2, -0.15) is 14.9 Å². The Morgan fingerprint density at radius 2 is 1.91 bits per heavy atom. The van der Waals surface area contributed by atoms with Gasteiger partial charge in [0.05, 0.1) is 6.21 Å². The first-order valence-electron chi connectivity index (χ1n) is 6.25. The van der Waals surface area contributed by atoms with Crippen LogP contribution in [0, 0.1) is 4.77 Å². The van der Waals surface area contributed by atoms with Crippen molar-refractivity contribution in [2.75, 3.05) is 0 Å². The Morgan fingerprint density at radius 3 is 2.59 bits per heavy atom. The van der Waals surface area contributed by atoms with Crippen LogP contribution < -0.4 is 5.56 Å². The van der Waals surface area contributed by atoms with Crippen LogP contribution in [0.25, 0.3) is 12.2 Å². The molecule has 0 aliphatic rings. The van der Waals surface area contributed by atoms with E-state index >= 15 is 0 Å². The van der Waals surface area contributed by atoms with Gasteiger partial charge in [0.1, 0.15) is 0 Å². The number of aromatic nitrogens is 3. The van der Waals surface area contributed by atoms with Crippen molar-refractivity contribution in [2.24, 2.45) is 5.10 Å². The number of hydrogen-bond donors (Lipinski definition) is 1. The van der Waals surface area contributed by atoms with Crippen molar-refractivity contribution in [3.8, 4) is 0 Å². The van der Waals surface area contributed by atoms with Gasteiger partial charge in [-0.3, -0.25) is 9.89 Å². The van der Waals surface area contributed by atoms with Gasteiger partial charge >= 0.3 is 5.56 Å². The summed E-state index contributed by atoms with van der Waals surface area (Å²) in [6, 6.07) is 7.72. The van der Waals surface area contributed by atoms with Crippen molar-refractivity contribution in [3.05, 3.63) is 65.6 Å². The van der Waals surface area contributed by atoms with Gasteiger partial charge in [0.2, 0.25) is 4.77 Å². The first-order valence-corrected chi connectivity index (χ1v) is 8.42. The Morgan fingerprint density at radius 1 is 1.18 bits per heavy atom. The van der Waals surface area contributed by atoms with E-state index < -0.39 is 0 Å². The highest BCUT2D eigenvalue weighted by Crippen LogP contribution is 2.11. The highest BCUT2D eigenvalue weighted by atomic mass is 32.1. The van der Waals surface area contributed by atoms with Crippen LogP contribution in [-0.2, 0) is 0 Å². The van der Waals surface area contributed by atoms with E-state index in [4.69, 9.17) is 12.2 Å². The Hall–Kier alpha value is -2.16. The number of nitrogens with one attached hydrogen (secondary N) is 1. The number of aromatic amines is 1. The van der Waals surface area contributed by atoms with Crippen molar-refractivity contribution >= 4 is 53.3 Å². The second kappa shape index (κ2) is 6.73. The van der Waals surface area contributed by atoms with Gasteiger partial charge in [0, 0.05) is 9.75 Å². The van der Waals surface area contributed by atoms with Crippen LogP contribution in [0.4, 0.5) is 0 Å². The van der Waals surface area contributed by atoms with E-state index in [-0.39, 0.29) is 16.0 Å². The molecule has 0 radical (unpaired) electrons. The van der Waals surface area contributed by atoms with Gasteiger partial charge in [-0.15, -0.1) is 22.7 Å². The SMILES string of the molecule is O=c1c(/C=C/c2cccs2)n[nH]c(=S)n1/N=C/c1cccs1. The minimum atomic E-state index is -0.357. The summed E-state index contributed by atoms with van der Waals surface area (Å²) < 4.78 is 1.29. The number of rotatable bonds is 4. The predicted octanol–water partition coefficient (Wildman–Crippen LogP) is 3.48. The fraction of sp³-hybridized carbons (Fsp3) is 0. The Kier molecular flexibility index (Phi) is 4.52. The minimum Gasteiger partial charge on any atom is -0.265 e. The monoisotopic (exact) mass is 346 g/mol. The molecule has 110 valence electrons. The number of nitrogens with zero attached hydrogens (tertiary/aromatic N) is 3. The summed E-state index contributed by atoms with van der Waals surface area (Å²) in [7, 11) is 0. The highest BCUT2D eigenvalue weighted by Gasteiger charge is 2.03. The van der Waals surface area contributed by atoms with Crippen molar-refractivity contribution in [1.29, 1.82) is 0 Å². The molecule has 0 aromatic carbocycles. The van der Waals surface area contributed by atoms with Gasteiger partial charge in [-0.1, -0.05) is 12.1 Å². The van der Waals surface area contributed by atoms with E-state index in [2.05, 4.69) is 15.3 Å². The summed E-state index contributed by atoms with van der Waals surface area (Å²) in [5.41, 5.74) is -0.102. The lowest BCUT2D eigenvalue weighted by Crippen LogP contribution is -2.22. The van der Waals surface area contributed by atoms with Crippen molar-refractivity contribution in [1.82, 2.24) is 14.9 Å². The summed E-state index contributed by atoms with van der Waals surface area (Å²) >= 11 is 8.18. The second-order valence-corrected chi connectivity index (χ2v) is 6.48. The van der Waals surface area contributed by atoms with Crippen LogP contribution in [0.3, 0.4) is 0 Å². The lowest BCUT2D eigenvalue weighted by Gasteiger charge is -1.99. The molecule has 22 heavy (non-hydrogen) atoms. The molecule has 0 bridgehead atoms. The molecule has 1 N–H and O–H groups in total. The summed E-state index contributed by atoms with van der Waals surface area (Å²) in [5.74, 6) is 0. The zero-order valence-electron chi connectivity index (χ0n) is 11.2. The van der Waals surface area contributed by atoms with Crippen molar-refractivity contribution in [2.45, 2.75) is 0 Å². The molecule has 3 rings (SSSR count). The maximum atomic E-state index is 12.4. The summed E-state index contributed by atoms with van der Waals surface area (Å²) in [4.78, 5) is 14.3. The van der Waals surface area contributed by atoms with E-state index in [0.29, 0.717) is 0 Å². The highest BCUT2D eigenvalue weighted by molar-refractivity contribution is 7.71. The van der Waals surface area contributed by atoms with E-state index in [1.165, 1.54) is 11.3 Å². The third-order valence-corrected chi connectivity index (χ3v) is 4.58. The van der Waals surface area contributed by atoms with Crippen LogP contribution in [0.2, 0.25) is 0 Å². The summed E-state index contributed by atoms with van der Waals surface area (Å²) in [6.07, 6.45) is 5.08. The molecule has 0 atom stereocenters. The molecule has 0 spiro atoms. The van der Waals surface area contributed by atoms with Gasteiger partial charge in [-0.25, -0.2) is 0 Å². The fourth-order valence-electron chi connectivity index (χ4n) is 1.64. The van der Waals surface area contributed by atoms with E-state index in [1.54, 1.807) is 23.6 Å². The van der Waals surface area contributed by atoms with E-state index in [1.807, 2.05) is 41.1 Å². The van der Waals surface area contributed by atoms with Gasteiger partial charge < -0.3 is 0 Å². The number of hydrogen-bond acceptors (Lipinski definition) is 6. The largest absolute Gasteiger partial charge is 0.301 e. The maximum Gasteiger partial charge on any atom is 0.301 e. The first-order chi connectivity index (χ1) is 10.7. The van der Waals surface area contributed by atoms with Crippen molar-refractivity contribution < 1.29 is 0 Å². The molecule has 3 aromatic heterocycles. The quantitative estimate of drug-likeness (QED) is 0.581. The third kappa shape index (κ3) is 3.35. The van der Waals surface area contributed by atoms with Gasteiger partial charge in [0.15, 0.2) is 5.69 Å². The molecule has 0 amide bonds. The summed E-state index contributed by atoms with van der Waals surface area (Å²) in [5, 5.41) is 14.6. The zero-order valence-corrected chi connectivity index (χ0v) is 13.6. The normalized spacial score (nSPS) is 11.6. The molecule has 0 aliphatic heterocycles. The smallest absolute Gasteiger partial charge is 0.265 e. The molecule has 5 nitrogen and oxygen atoms in total. The Balaban J connectivity index is 1.95. The lowest BCUT2D eigenvalue weighted by atomic mass is 10.3. The molecule has 8 heteroatoms. The number of thiophene rings is 2. The fourth-order valence-corrected chi connectivity index (χ4v) is 3.02. The molecule has 3 heterocycles. The molecule has 0 unspecified atom stereocenters. The molecule has 0 aliphatic carbocycles. The van der Waals surface area contributed by atoms with E-state index in [9.17, 15) is 4.79 Å². The van der Waals surface area contributed by atoms with Crippen LogP contribution >= 0.6 is 34.9 Å². The molecule has 0 saturated heterocycles. The zero-order chi connectivity index (χ0) is 15.4. The lowest BCUT2D eigenvalue weighted by molar-refractivity contribution is 0.733. The predicted molar refractivity (Wildman–Crippen MR) is 94.2 cm³/mol. The van der Waals surface area contributed by atoms with Crippen LogP contribution in [0.15, 0.2) is 44.9 Å². The second-order valence-electron chi connectivity index (χ2n) is 4.14. The average molecular weight is 346 g/mol. The Labute approximate surface area is 138 Å². The summed E-state index contributed by atoms with van der Waals surface area (Å²) in [6.45, 7) is 0. The molecule has 3 aromatic rings. The van der Waals surface area contributed by atoms with Gasteiger partial charge in [-0.05, 0) is 47.3 Å². The topological polar surface area (TPSA) is 63.0 Å². The standard InChI is InChI=1S/C14H10N4OS3/c19-13-12(6-5-10-3-1-7-21-10)16-17-14(20)18(13)15-9-11-4-2-8-22-11/h1-9H,(H,17,20)/b6-5+,15-9+. The van der Waals surface area contributed by atoms with Gasteiger partial charge in [0.25, 0.3) is 0 Å².